The van der Waals surface area contributed by atoms with Crippen LogP contribution in [-0.2, 0) is 11.3 Å². The van der Waals surface area contributed by atoms with Gasteiger partial charge in [-0.05, 0) is 29.7 Å². The van der Waals surface area contributed by atoms with Crippen molar-refractivity contribution in [2.24, 2.45) is 16.7 Å². The third kappa shape index (κ3) is 2.17. The maximum Gasteiger partial charge on any atom is 0.169 e. The Labute approximate surface area is 144 Å². The fourth-order valence-electron chi connectivity index (χ4n) is 4.61. The standard InChI is InChI=1S/C21H27NO2/c1-20(2)19(21(20,3)4)18(23)16-13-22(12-14-8-7-11-24-14)17-10-6-5-9-15(16)17/h5-6,9-10,13-14,19H,7-8,11-12H2,1-4H3/t14-/m1/s1. The van der Waals surface area contributed by atoms with Crippen LogP contribution in [0.15, 0.2) is 30.5 Å². The second-order valence-electron chi connectivity index (χ2n) is 8.59. The summed E-state index contributed by atoms with van der Waals surface area (Å²) >= 11 is 0. The Morgan fingerprint density at radius 1 is 1.21 bits per heavy atom. The molecule has 2 aromatic rings. The van der Waals surface area contributed by atoms with Crippen LogP contribution in [0.5, 0.6) is 0 Å². The summed E-state index contributed by atoms with van der Waals surface area (Å²) in [6, 6.07) is 8.27. The molecule has 0 bridgehead atoms. The smallest absolute Gasteiger partial charge is 0.169 e. The Kier molecular flexibility index (Phi) is 3.44. The molecule has 2 aliphatic rings. The van der Waals surface area contributed by atoms with Crippen molar-refractivity contribution in [3.63, 3.8) is 0 Å². The average Bonchev–Trinajstić information content (AvgIpc) is 2.99. The van der Waals surface area contributed by atoms with E-state index in [2.05, 4.69) is 50.6 Å². The molecule has 128 valence electrons. The number of carbonyl (C=O) groups is 1. The van der Waals surface area contributed by atoms with E-state index in [4.69, 9.17) is 4.74 Å². The van der Waals surface area contributed by atoms with Gasteiger partial charge in [0, 0.05) is 41.7 Å². The lowest BCUT2D eigenvalue weighted by molar-refractivity contribution is 0.0939. The molecule has 0 unspecified atom stereocenters. The number of hydrogen-bond donors (Lipinski definition) is 0. The van der Waals surface area contributed by atoms with Crippen LogP contribution in [0.25, 0.3) is 10.9 Å². The first-order chi connectivity index (χ1) is 11.3. The van der Waals surface area contributed by atoms with Crippen LogP contribution in [0, 0.1) is 16.7 Å². The zero-order valence-corrected chi connectivity index (χ0v) is 15.1. The van der Waals surface area contributed by atoms with Crippen molar-refractivity contribution in [2.75, 3.05) is 6.61 Å². The molecule has 3 nitrogen and oxygen atoms in total. The van der Waals surface area contributed by atoms with Crippen molar-refractivity contribution >= 4 is 16.7 Å². The molecule has 24 heavy (non-hydrogen) atoms. The van der Waals surface area contributed by atoms with Gasteiger partial charge in [-0.15, -0.1) is 0 Å². The number of hydrogen-bond acceptors (Lipinski definition) is 2. The molecule has 0 spiro atoms. The molecule has 1 aromatic heterocycles. The summed E-state index contributed by atoms with van der Waals surface area (Å²) in [4.78, 5) is 13.3. The van der Waals surface area contributed by atoms with E-state index in [1.165, 1.54) is 0 Å². The van der Waals surface area contributed by atoms with Crippen LogP contribution in [0.4, 0.5) is 0 Å². The van der Waals surface area contributed by atoms with E-state index in [9.17, 15) is 4.79 Å². The first-order valence-corrected chi connectivity index (χ1v) is 9.08. The molecule has 1 aromatic carbocycles. The van der Waals surface area contributed by atoms with E-state index < -0.39 is 0 Å². The van der Waals surface area contributed by atoms with Gasteiger partial charge in [0.25, 0.3) is 0 Å². The molecule has 1 saturated carbocycles. The largest absolute Gasteiger partial charge is 0.376 e. The van der Waals surface area contributed by atoms with E-state index in [0.717, 1.165) is 42.5 Å². The second kappa shape index (κ2) is 5.19. The molecule has 3 heteroatoms. The summed E-state index contributed by atoms with van der Waals surface area (Å²) in [6.07, 6.45) is 4.59. The minimum absolute atomic E-state index is 0.0713. The van der Waals surface area contributed by atoms with Gasteiger partial charge in [-0.3, -0.25) is 4.79 Å². The van der Waals surface area contributed by atoms with Crippen LogP contribution in [0.2, 0.25) is 0 Å². The van der Waals surface area contributed by atoms with Crippen molar-refractivity contribution in [3.05, 3.63) is 36.0 Å². The number of ether oxygens (including phenoxy) is 1. The summed E-state index contributed by atoms with van der Waals surface area (Å²) in [5.74, 6) is 0.402. The fraction of sp³-hybridized carbons (Fsp3) is 0.571. The van der Waals surface area contributed by atoms with Crippen LogP contribution >= 0.6 is 0 Å². The molecule has 0 radical (unpaired) electrons. The Morgan fingerprint density at radius 3 is 2.54 bits per heavy atom. The van der Waals surface area contributed by atoms with Gasteiger partial charge < -0.3 is 9.30 Å². The third-order valence-electron chi connectivity index (χ3n) is 6.76. The number of nitrogens with zero attached hydrogens (tertiary/aromatic N) is 1. The SMILES string of the molecule is CC1(C)C(C(=O)c2cn(C[C@H]3CCCO3)c3ccccc23)C1(C)C. The van der Waals surface area contributed by atoms with Crippen molar-refractivity contribution in [2.45, 2.75) is 53.2 Å². The van der Waals surface area contributed by atoms with E-state index in [1.807, 2.05) is 12.1 Å². The van der Waals surface area contributed by atoms with Crippen molar-refractivity contribution in [3.8, 4) is 0 Å². The number of fused-ring (bicyclic) bond motifs is 1. The molecule has 4 rings (SSSR count). The lowest BCUT2D eigenvalue weighted by Gasteiger charge is -2.11. The number of benzene rings is 1. The number of ketones is 1. The lowest BCUT2D eigenvalue weighted by atomic mass is 10.0. The van der Waals surface area contributed by atoms with Gasteiger partial charge in [0.1, 0.15) is 0 Å². The summed E-state index contributed by atoms with van der Waals surface area (Å²) in [5.41, 5.74) is 2.17. The highest BCUT2D eigenvalue weighted by atomic mass is 16.5. The van der Waals surface area contributed by atoms with Gasteiger partial charge in [0.05, 0.1) is 6.10 Å². The van der Waals surface area contributed by atoms with Crippen molar-refractivity contribution in [1.82, 2.24) is 4.57 Å². The summed E-state index contributed by atoms with van der Waals surface area (Å²) < 4.78 is 8.02. The first-order valence-electron chi connectivity index (χ1n) is 9.08. The Hall–Kier alpha value is -1.61. The van der Waals surface area contributed by atoms with Gasteiger partial charge in [0.2, 0.25) is 0 Å². The van der Waals surface area contributed by atoms with Crippen LogP contribution < -0.4 is 0 Å². The fourth-order valence-corrected chi connectivity index (χ4v) is 4.61. The Balaban J connectivity index is 1.72. The summed E-state index contributed by atoms with van der Waals surface area (Å²) in [7, 11) is 0. The molecule has 2 heterocycles. The van der Waals surface area contributed by atoms with Crippen LogP contribution in [-0.4, -0.2) is 23.1 Å². The third-order valence-corrected chi connectivity index (χ3v) is 6.76. The molecule has 1 aliphatic carbocycles. The number of rotatable bonds is 4. The first kappa shape index (κ1) is 15.9. The molecule has 0 N–H and O–H groups in total. The summed E-state index contributed by atoms with van der Waals surface area (Å²) in [6.45, 7) is 10.5. The van der Waals surface area contributed by atoms with E-state index >= 15 is 0 Å². The monoisotopic (exact) mass is 325 g/mol. The van der Waals surface area contributed by atoms with E-state index in [0.29, 0.717) is 5.78 Å². The molecule has 1 saturated heterocycles. The highest BCUT2D eigenvalue weighted by molar-refractivity contribution is 6.11. The molecule has 0 amide bonds. The maximum atomic E-state index is 13.3. The molecule has 1 aliphatic heterocycles. The average molecular weight is 325 g/mol. The van der Waals surface area contributed by atoms with Gasteiger partial charge in [0.15, 0.2) is 5.78 Å². The number of para-hydroxylation sites is 1. The molecule has 2 fully saturated rings. The van der Waals surface area contributed by atoms with Gasteiger partial charge in [-0.25, -0.2) is 0 Å². The maximum absolute atomic E-state index is 13.3. The van der Waals surface area contributed by atoms with E-state index in [1.54, 1.807) is 0 Å². The number of Topliss-reactive ketones (excluding diaryl/α,β-unsaturated/α-hetero) is 1. The zero-order chi connectivity index (χ0) is 17.1. The molecular formula is C21H27NO2. The van der Waals surface area contributed by atoms with Crippen LogP contribution in [0.3, 0.4) is 0 Å². The van der Waals surface area contributed by atoms with Crippen LogP contribution in [0.1, 0.15) is 50.9 Å². The topological polar surface area (TPSA) is 31.2 Å². The highest BCUT2D eigenvalue weighted by Crippen LogP contribution is 2.69. The zero-order valence-electron chi connectivity index (χ0n) is 15.1. The van der Waals surface area contributed by atoms with Gasteiger partial charge >= 0.3 is 0 Å². The molecule has 1 atom stereocenters. The summed E-state index contributed by atoms with van der Waals surface area (Å²) in [5, 5.41) is 1.08. The second-order valence-corrected chi connectivity index (χ2v) is 8.59. The Morgan fingerprint density at radius 2 is 1.92 bits per heavy atom. The normalized spacial score (nSPS) is 25.2. The van der Waals surface area contributed by atoms with Crippen molar-refractivity contribution < 1.29 is 9.53 Å². The predicted octanol–water partition coefficient (Wildman–Crippen LogP) is 4.69. The predicted molar refractivity (Wildman–Crippen MR) is 96.3 cm³/mol. The lowest BCUT2D eigenvalue weighted by Crippen LogP contribution is -2.14. The Bertz CT molecular complexity index is 779. The highest BCUT2D eigenvalue weighted by Gasteiger charge is 2.68. The number of carbonyl (C=O) groups excluding carboxylic acids is 1. The van der Waals surface area contributed by atoms with E-state index in [-0.39, 0.29) is 22.9 Å². The molecular weight excluding hydrogens is 298 g/mol. The number of aromatic nitrogens is 1. The van der Waals surface area contributed by atoms with Gasteiger partial charge in [-0.2, -0.15) is 0 Å². The van der Waals surface area contributed by atoms with Crippen molar-refractivity contribution in [1.29, 1.82) is 0 Å². The minimum Gasteiger partial charge on any atom is -0.376 e. The quantitative estimate of drug-likeness (QED) is 0.764. The van der Waals surface area contributed by atoms with Gasteiger partial charge in [-0.1, -0.05) is 45.9 Å². The minimum atomic E-state index is 0.0713.